The molecule has 0 saturated heterocycles. The number of hydrogen-bond donors (Lipinski definition) is 1. The molecule has 0 amide bonds. The van der Waals surface area contributed by atoms with Gasteiger partial charge in [-0.3, -0.25) is 10.1 Å². The fourth-order valence-electron chi connectivity index (χ4n) is 1.03. The van der Waals surface area contributed by atoms with Gasteiger partial charge in [-0.25, -0.2) is 0 Å². The molecular formula is C8H6N2O2S. The van der Waals surface area contributed by atoms with E-state index in [1.165, 1.54) is 0 Å². The molecule has 0 aliphatic rings. The third kappa shape index (κ3) is 1.63. The smallest absolute Gasteiger partial charge is 0.258 e. The number of aryl methyl sites for hydroxylation is 1. The third-order valence-electron chi connectivity index (χ3n) is 1.65. The minimum atomic E-state index is -0.562. The second-order valence-electron chi connectivity index (χ2n) is 2.49. The molecular weight excluding hydrogens is 188 g/mol. The zero-order chi connectivity index (χ0) is 10.0. The molecule has 13 heavy (non-hydrogen) atoms. The van der Waals surface area contributed by atoms with Crippen LogP contribution in [0.1, 0.15) is 11.1 Å². The van der Waals surface area contributed by atoms with E-state index in [0.717, 1.165) is 0 Å². The summed E-state index contributed by atoms with van der Waals surface area (Å²) >= 11 is 3.96. The summed E-state index contributed by atoms with van der Waals surface area (Å²) in [5, 5.41) is 19.2. The van der Waals surface area contributed by atoms with Gasteiger partial charge in [-0.05, 0) is 13.0 Å². The maximum atomic E-state index is 10.6. The second-order valence-corrected chi connectivity index (χ2v) is 2.98. The van der Waals surface area contributed by atoms with Gasteiger partial charge in [0.2, 0.25) is 0 Å². The summed E-state index contributed by atoms with van der Waals surface area (Å²) in [6.45, 7) is 1.59. The highest BCUT2D eigenvalue weighted by Gasteiger charge is 2.19. The molecule has 0 aliphatic carbocycles. The molecule has 0 heterocycles. The van der Waals surface area contributed by atoms with E-state index in [1.807, 2.05) is 0 Å². The van der Waals surface area contributed by atoms with Gasteiger partial charge in [0.25, 0.3) is 5.69 Å². The van der Waals surface area contributed by atoms with Crippen LogP contribution in [0.3, 0.4) is 0 Å². The van der Waals surface area contributed by atoms with Crippen molar-refractivity contribution in [1.29, 1.82) is 5.26 Å². The quantitative estimate of drug-likeness (QED) is 0.422. The first-order valence-electron chi connectivity index (χ1n) is 3.45. The minimum absolute atomic E-state index is 0.0216. The van der Waals surface area contributed by atoms with Crippen LogP contribution in [0.15, 0.2) is 17.0 Å². The molecule has 0 radical (unpaired) electrons. The van der Waals surface area contributed by atoms with Crippen LogP contribution in [-0.2, 0) is 0 Å². The summed E-state index contributed by atoms with van der Waals surface area (Å²) < 4.78 is 0. The molecule has 0 atom stereocenters. The summed E-state index contributed by atoms with van der Waals surface area (Å²) in [5.74, 6) is 0. The Morgan fingerprint density at radius 1 is 1.62 bits per heavy atom. The van der Waals surface area contributed by atoms with Gasteiger partial charge >= 0.3 is 0 Å². The summed E-state index contributed by atoms with van der Waals surface area (Å²) in [5.41, 5.74) is 0.336. The van der Waals surface area contributed by atoms with Crippen LogP contribution in [0.4, 0.5) is 5.69 Å². The molecule has 4 nitrogen and oxygen atoms in total. The van der Waals surface area contributed by atoms with Gasteiger partial charge in [-0.2, -0.15) is 5.26 Å². The number of nitriles is 1. The number of rotatable bonds is 1. The van der Waals surface area contributed by atoms with E-state index >= 15 is 0 Å². The van der Waals surface area contributed by atoms with Crippen LogP contribution in [-0.4, -0.2) is 4.92 Å². The van der Waals surface area contributed by atoms with Crippen LogP contribution in [0, 0.1) is 28.4 Å². The highest BCUT2D eigenvalue weighted by molar-refractivity contribution is 7.80. The average Bonchev–Trinajstić information content (AvgIpc) is 2.07. The maximum Gasteiger partial charge on any atom is 0.291 e. The summed E-state index contributed by atoms with van der Waals surface area (Å²) in [6, 6.07) is 4.91. The highest BCUT2D eigenvalue weighted by Crippen LogP contribution is 2.27. The van der Waals surface area contributed by atoms with Crippen molar-refractivity contribution in [2.24, 2.45) is 0 Å². The van der Waals surface area contributed by atoms with Crippen molar-refractivity contribution in [2.75, 3.05) is 0 Å². The molecule has 1 aromatic carbocycles. The zero-order valence-electron chi connectivity index (χ0n) is 6.81. The molecule has 66 valence electrons. The normalized spacial score (nSPS) is 9.31. The lowest BCUT2D eigenvalue weighted by Crippen LogP contribution is -1.96. The van der Waals surface area contributed by atoms with E-state index in [0.29, 0.717) is 10.5 Å². The number of hydrogen-bond acceptors (Lipinski definition) is 4. The first-order chi connectivity index (χ1) is 6.07. The second kappa shape index (κ2) is 3.46. The average molecular weight is 194 g/mol. The Morgan fingerprint density at radius 3 is 2.62 bits per heavy atom. The fourth-order valence-corrected chi connectivity index (χ4v) is 1.26. The maximum absolute atomic E-state index is 10.6. The van der Waals surface area contributed by atoms with Crippen LogP contribution in [0.2, 0.25) is 0 Å². The predicted octanol–water partition coefficient (Wildman–Crippen LogP) is 2.06. The van der Waals surface area contributed by atoms with Crippen molar-refractivity contribution < 1.29 is 4.92 Å². The summed E-state index contributed by atoms with van der Waals surface area (Å²) in [6.07, 6.45) is 0. The lowest BCUT2D eigenvalue weighted by Gasteiger charge is -2.00. The number of benzene rings is 1. The third-order valence-corrected chi connectivity index (χ3v) is 2.02. The summed E-state index contributed by atoms with van der Waals surface area (Å²) in [7, 11) is 0. The van der Waals surface area contributed by atoms with Crippen molar-refractivity contribution in [3.63, 3.8) is 0 Å². The Hall–Kier alpha value is -1.54. The van der Waals surface area contributed by atoms with E-state index in [2.05, 4.69) is 12.6 Å². The molecule has 1 rings (SSSR count). The summed E-state index contributed by atoms with van der Waals surface area (Å²) in [4.78, 5) is 10.3. The van der Waals surface area contributed by atoms with Crippen molar-refractivity contribution >= 4 is 18.3 Å². The molecule has 0 N–H and O–H groups in total. The van der Waals surface area contributed by atoms with Crippen LogP contribution >= 0.6 is 12.6 Å². The van der Waals surface area contributed by atoms with Crippen molar-refractivity contribution in [1.82, 2.24) is 0 Å². The Labute approximate surface area is 80.4 Å². The first kappa shape index (κ1) is 9.55. The number of nitro groups is 1. The number of nitrogens with zero attached hydrogens (tertiary/aromatic N) is 2. The van der Waals surface area contributed by atoms with E-state index in [1.54, 1.807) is 25.1 Å². The molecule has 0 aliphatic heterocycles. The minimum Gasteiger partial charge on any atom is -0.258 e. The van der Waals surface area contributed by atoms with Gasteiger partial charge in [0, 0.05) is 10.5 Å². The Kier molecular flexibility index (Phi) is 2.54. The van der Waals surface area contributed by atoms with Gasteiger partial charge in [0.05, 0.1) is 4.92 Å². The molecule has 1 aromatic rings. The van der Waals surface area contributed by atoms with Crippen molar-refractivity contribution in [3.8, 4) is 6.07 Å². The number of thiol groups is 1. The van der Waals surface area contributed by atoms with Crippen LogP contribution in [0.25, 0.3) is 0 Å². The molecule has 0 unspecified atom stereocenters. The molecule has 0 saturated carbocycles. The van der Waals surface area contributed by atoms with Crippen LogP contribution < -0.4 is 0 Å². The van der Waals surface area contributed by atoms with Crippen molar-refractivity contribution in [2.45, 2.75) is 11.8 Å². The molecule has 0 bridgehead atoms. The lowest BCUT2D eigenvalue weighted by atomic mass is 10.1. The molecule has 0 aromatic heterocycles. The van der Waals surface area contributed by atoms with E-state index < -0.39 is 4.92 Å². The van der Waals surface area contributed by atoms with Gasteiger partial charge in [-0.1, -0.05) is 6.07 Å². The van der Waals surface area contributed by atoms with Gasteiger partial charge < -0.3 is 0 Å². The van der Waals surface area contributed by atoms with Crippen LogP contribution in [0.5, 0.6) is 0 Å². The topological polar surface area (TPSA) is 66.9 Å². The predicted molar refractivity (Wildman–Crippen MR) is 49.8 cm³/mol. The largest absolute Gasteiger partial charge is 0.291 e. The number of nitro benzene ring substituents is 1. The van der Waals surface area contributed by atoms with E-state index in [-0.39, 0.29) is 11.3 Å². The van der Waals surface area contributed by atoms with Gasteiger partial charge in [0.15, 0.2) is 0 Å². The Morgan fingerprint density at radius 2 is 2.23 bits per heavy atom. The molecule has 5 heteroatoms. The van der Waals surface area contributed by atoms with E-state index in [4.69, 9.17) is 5.26 Å². The zero-order valence-corrected chi connectivity index (χ0v) is 7.71. The lowest BCUT2D eigenvalue weighted by molar-refractivity contribution is -0.385. The molecule has 0 fully saturated rings. The van der Waals surface area contributed by atoms with E-state index in [9.17, 15) is 10.1 Å². The standard InChI is InChI=1S/C8H6N2O2S/c1-5-2-3-7(13)6(4-9)8(5)10(11)12/h2-3,13H,1H3. The molecule has 0 spiro atoms. The highest BCUT2D eigenvalue weighted by atomic mass is 32.1. The van der Waals surface area contributed by atoms with Gasteiger partial charge in [-0.15, -0.1) is 12.6 Å². The Bertz CT molecular complexity index is 409. The Balaban J connectivity index is 3.55. The monoisotopic (exact) mass is 194 g/mol. The van der Waals surface area contributed by atoms with Crippen molar-refractivity contribution in [3.05, 3.63) is 33.4 Å². The van der Waals surface area contributed by atoms with Gasteiger partial charge in [0.1, 0.15) is 11.6 Å². The first-order valence-corrected chi connectivity index (χ1v) is 3.89. The fraction of sp³-hybridized carbons (Fsp3) is 0.125. The SMILES string of the molecule is Cc1ccc(S)c(C#N)c1[N+](=O)[O-].